The third kappa shape index (κ3) is 6.39. The number of ether oxygens (including phenoxy) is 5. The highest BCUT2D eigenvalue weighted by molar-refractivity contribution is 5.80. The van der Waals surface area contributed by atoms with E-state index >= 15 is 0 Å². The molecule has 0 fully saturated rings. The molecule has 1 atom stereocenters. The standard InChI is InChI=1S/C23H27NO8/c1-28-17-9-7-14(11-18(17)32-23(27)16(24)8-10-21(25)26)5-6-15-12-19(29-2)22(31-4)20(13-15)30-3/h5-7,9,11-13,16H,8,10,24H2,1-4H3,(H,25,26)/b6-5+/t16-/m0/s1. The molecule has 0 radical (unpaired) electrons. The largest absolute Gasteiger partial charge is 0.493 e. The van der Waals surface area contributed by atoms with Crippen molar-refractivity contribution in [1.82, 2.24) is 0 Å². The van der Waals surface area contributed by atoms with Crippen molar-refractivity contribution in [2.24, 2.45) is 5.73 Å². The molecule has 0 bridgehead atoms. The lowest BCUT2D eigenvalue weighted by Gasteiger charge is -2.13. The minimum atomic E-state index is -1.06. The summed E-state index contributed by atoms with van der Waals surface area (Å²) >= 11 is 0. The van der Waals surface area contributed by atoms with E-state index in [0.717, 1.165) is 11.1 Å². The van der Waals surface area contributed by atoms with Crippen LogP contribution in [0.2, 0.25) is 0 Å². The quantitative estimate of drug-likeness (QED) is 0.305. The lowest BCUT2D eigenvalue weighted by Crippen LogP contribution is -2.34. The number of nitrogens with two attached hydrogens (primary N) is 1. The molecule has 2 aromatic rings. The molecular weight excluding hydrogens is 418 g/mol. The van der Waals surface area contributed by atoms with Gasteiger partial charge in [0.15, 0.2) is 23.0 Å². The number of esters is 1. The van der Waals surface area contributed by atoms with Crippen LogP contribution in [0.25, 0.3) is 12.2 Å². The minimum absolute atomic E-state index is 0.0305. The first-order chi connectivity index (χ1) is 15.3. The van der Waals surface area contributed by atoms with E-state index in [-0.39, 0.29) is 18.6 Å². The summed E-state index contributed by atoms with van der Waals surface area (Å²) in [6.07, 6.45) is 3.38. The predicted octanol–water partition coefficient (Wildman–Crippen LogP) is 2.99. The zero-order valence-corrected chi connectivity index (χ0v) is 18.4. The zero-order valence-electron chi connectivity index (χ0n) is 18.4. The van der Waals surface area contributed by atoms with Crippen LogP contribution in [0.1, 0.15) is 24.0 Å². The summed E-state index contributed by atoms with van der Waals surface area (Å²) in [6.45, 7) is 0. The molecule has 3 N–H and O–H groups in total. The van der Waals surface area contributed by atoms with Gasteiger partial charge in [-0.05, 0) is 41.8 Å². The summed E-state index contributed by atoms with van der Waals surface area (Å²) in [5, 5.41) is 8.74. The highest BCUT2D eigenvalue weighted by Gasteiger charge is 2.19. The Morgan fingerprint density at radius 3 is 1.97 bits per heavy atom. The Morgan fingerprint density at radius 2 is 1.44 bits per heavy atom. The van der Waals surface area contributed by atoms with Crippen LogP contribution in [0.3, 0.4) is 0 Å². The molecular formula is C23H27NO8. The first kappa shape index (κ1) is 24.5. The lowest BCUT2D eigenvalue weighted by molar-refractivity contribution is -0.138. The van der Waals surface area contributed by atoms with Crippen molar-refractivity contribution in [2.45, 2.75) is 18.9 Å². The van der Waals surface area contributed by atoms with Crippen LogP contribution >= 0.6 is 0 Å². The summed E-state index contributed by atoms with van der Waals surface area (Å²) in [7, 11) is 6.05. The van der Waals surface area contributed by atoms with Crippen molar-refractivity contribution in [2.75, 3.05) is 28.4 Å². The van der Waals surface area contributed by atoms with Crippen molar-refractivity contribution >= 4 is 24.1 Å². The van der Waals surface area contributed by atoms with Gasteiger partial charge >= 0.3 is 11.9 Å². The second-order valence-corrected chi connectivity index (χ2v) is 6.66. The Kier molecular flexibility index (Phi) is 8.91. The molecule has 0 saturated heterocycles. The van der Waals surface area contributed by atoms with E-state index in [0.29, 0.717) is 23.0 Å². The fourth-order valence-corrected chi connectivity index (χ4v) is 2.85. The molecule has 0 aliphatic heterocycles. The first-order valence-electron chi connectivity index (χ1n) is 9.68. The highest BCUT2D eigenvalue weighted by atomic mass is 16.6. The van der Waals surface area contributed by atoms with Gasteiger partial charge in [-0.3, -0.25) is 4.79 Å². The van der Waals surface area contributed by atoms with E-state index in [9.17, 15) is 9.59 Å². The Hall–Kier alpha value is -3.72. The van der Waals surface area contributed by atoms with Gasteiger partial charge in [-0.1, -0.05) is 18.2 Å². The number of rotatable bonds is 11. The summed E-state index contributed by atoms with van der Waals surface area (Å²) in [6, 6.07) is 7.59. The van der Waals surface area contributed by atoms with Crippen molar-refractivity contribution in [3.63, 3.8) is 0 Å². The fraction of sp³-hybridized carbons (Fsp3) is 0.304. The predicted molar refractivity (Wildman–Crippen MR) is 119 cm³/mol. The van der Waals surface area contributed by atoms with Crippen LogP contribution in [-0.2, 0) is 9.59 Å². The summed E-state index contributed by atoms with van der Waals surface area (Å²) < 4.78 is 26.6. The Labute approximate surface area is 186 Å². The molecule has 9 nitrogen and oxygen atoms in total. The molecule has 0 spiro atoms. The Bertz CT molecular complexity index is 961. The van der Waals surface area contributed by atoms with Crippen molar-refractivity contribution in [3.8, 4) is 28.7 Å². The Balaban J connectivity index is 2.26. The summed E-state index contributed by atoms with van der Waals surface area (Å²) in [5.41, 5.74) is 7.25. The molecule has 2 rings (SSSR count). The van der Waals surface area contributed by atoms with Gasteiger partial charge in [-0.25, -0.2) is 4.79 Å². The normalized spacial score (nSPS) is 11.7. The maximum Gasteiger partial charge on any atom is 0.328 e. The molecule has 0 unspecified atom stereocenters. The number of hydrogen-bond donors (Lipinski definition) is 2. The molecule has 0 aliphatic rings. The SMILES string of the molecule is COc1ccc(/C=C/c2cc(OC)c(OC)c(OC)c2)cc1OC(=O)[C@@H](N)CCC(=O)O. The van der Waals surface area contributed by atoms with Crippen molar-refractivity contribution in [1.29, 1.82) is 0 Å². The molecule has 0 aromatic heterocycles. The lowest BCUT2D eigenvalue weighted by atomic mass is 10.1. The number of hydrogen-bond acceptors (Lipinski definition) is 8. The van der Waals surface area contributed by atoms with Crippen LogP contribution in [-0.4, -0.2) is 51.5 Å². The number of aliphatic carboxylic acids is 1. The van der Waals surface area contributed by atoms with Crippen LogP contribution in [0.4, 0.5) is 0 Å². The van der Waals surface area contributed by atoms with E-state index in [2.05, 4.69) is 0 Å². The third-order valence-electron chi connectivity index (χ3n) is 4.53. The average molecular weight is 445 g/mol. The van der Waals surface area contributed by atoms with Gasteiger partial charge in [0.25, 0.3) is 0 Å². The highest BCUT2D eigenvalue weighted by Crippen LogP contribution is 2.38. The van der Waals surface area contributed by atoms with Gasteiger partial charge in [0.1, 0.15) is 6.04 Å². The number of carboxylic acid groups (broad SMARTS) is 1. The van der Waals surface area contributed by atoms with Crippen molar-refractivity contribution < 1.29 is 38.4 Å². The maximum absolute atomic E-state index is 12.2. The monoisotopic (exact) mass is 445 g/mol. The smallest absolute Gasteiger partial charge is 0.328 e. The summed E-state index contributed by atoms with van der Waals surface area (Å²) in [5.74, 6) is 0.270. The molecule has 0 amide bonds. The minimum Gasteiger partial charge on any atom is -0.493 e. The number of carbonyl (C=O) groups is 2. The molecule has 0 saturated carbocycles. The number of carbonyl (C=O) groups excluding carboxylic acids is 1. The second-order valence-electron chi connectivity index (χ2n) is 6.66. The van der Waals surface area contributed by atoms with Crippen LogP contribution in [0.15, 0.2) is 30.3 Å². The molecule has 32 heavy (non-hydrogen) atoms. The first-order valence-corrected chi connectivity index (χ1v) is 9.68. The molecule has 172 valence electrons. The van der Waals surface area contributed by atoms with Crippen LogP contribution in [0, 0.1) is 0 Å². The Morgan fingerprint density at radius 1 is 0.875 bits per heavy atom. The van der Waals surface area contributed by atoms with Gasteiger partial charge in [0.05, 0.1) is 28.4 Å². The molecule has 0 heterocycles. The van der Waals surface area contributed by atoms with Gasteiger partial charge in [-0.2, -0.15) is 0 Å². The molecule has 9 heteroatoms. The van der Waals surface area contributed by atoms with E-state index in [1.54, 1.807) is 30.3 Å². The third-order valence-corrected chi connectivity index (χ3v) is 4.53. The van der Waals surface area contributed by atoms with Gasteiger partial charge in [0, 0.05) is 6.42 Å². The van der Waals surface area contributed by atoms with E-state index in [4.69, 9.17) is 34.5 Å². The van der Waals surface area contributed by atoms with Crippen molar-refractivity contribution in [3.05, 3.63) is 41.5 Å². The van der Waals surface area contributed by atoms with Gasteiger partial charge in [0.2, 0.25) is 5.75 Å². The van der Waals surface area contributed by atoms with Gasteiger partial charge < -0.3 is 34.5 Å². The second kappa shape index (κ2) is 11.6. The number of methoxy groups -OCH3 is 4. The van der Waals surface area contributed by atoms with E-state index < -0.39 is 18.0 Å². The number of carboxylic acids is 1. The topological polar surface area (TPSA) is 127 Å². The molecule has 0 aliphatic carbocycles. The number of benzene rings is 2. The van der Waals surface area contributed by atoms with E-state index in [1.807, 2.05) is 12.2 Å². The average Bonchev–Trinajstić information content (AvgIpc) is 2.80. The fourth-order valence-electron chi connectivity index (χ4n) is 2.85. The van der Waals surface area contributed by atoms with Gasteiger partial charge in [-0.15, -0.1) is 0 Å². The zero-order chi connectivity index (χ0) is 23.7. The van der Waals surface area contributed by atoms with Crippen LogP contribution < -0.4 is 29.4 Å². The summed E-state index contributed by atoms with van der Waals surface area (Å²) in [4.78, 5) is 22.9. The maximum atomic E-state index is 12.2. The van der Waals surface area contributed by atoms with Crippen LogP contribution in [0.5, 0.6) is 28.7 Å². The molecule has 2 aromatic carbocycles. The van der Waals surface area contributed by atoms with E-state index in [1.165, 1.54) is 28.4 Å².